The molecule has 1 N–H and O–H groups in total. The molecule has 3 aromatic carbocycles. The number of nitrogens with zero attached hydrogens (tertiary/aromatic N) is 3. The van der Waals surface area contributed by atoms with Gasteiger partial charge in [-0.15, -0.1) is 0 Å². The summed E-state index contributed by atoms with van der Waals surface area (Å²) in [5, 5.41) is 2.92. The van der Waals surface area contributed by atoms with Crippen LogP contribution in [0.1, 0.15) is 23.1 Å². The highest BCUT2D eigenvalue weighted by atomic mass is 16.7. The maximum Gasteiger partial charge on any atom is 0.258 e. The van der Waals surface area contributed by atoms with E-state index in [0.29, 0.717) is 30.4 Å². The molecule has 1 aromatic heterocycles. The van der Waals surface area contributed by atoms with Gasteiger partial charge in [0.2, 0.25) is 6.79 Å². The van der Waals surface area contributed by atoms with Crippen LogP contribution in [-0.4, -0.2) is 47.3 Å². The molecule has 0 bridgehead atoms. The first-order valence-electron chi connectivity index (χ1n) is 13.4. The van der Waals surface area contributed by atoms with Crippen molar-refractivity contribution in [2.45, 2.75) is 19.5 Å². The first-order valence-corrected chi connectivity index (χ1v) is 13.4. The number of aromatic nitrogens is 2. The van der Waals surface area contributed by atoms with Crippen molar-refractivity contribution in [3.05, 3.63) is 108 Å². The van der Waals surface area contributed by atoms with E-state index in [1.165, 1.54) is 11.1 Å². The van der Waals surface area contributed by atoms with Crippen LogP contribution in [0.5, 0.6) is 17.2 Å². The highest BCUT2D eigenvalue weighted by Crippen LogP contribution is 2.32. The lowest BCUT2D eigenvalue weighted by Gasteiger charge is -2.27. The fraction of sp³-hybridized carbons (Fsp3) is 0.219. The molecule has 0 spiro atoms. The van der Waals surface area contributed by atoms with Gasteiger partial charge in [-0.1, -0.05) is 42.5 Å². The number of ether oxygens (including phenoxy) is 3. The minimum absolute atomic E-state index is 0.0865. The Bertz CT molecular complexity index is 1510. The maximum atomic E-state index is 12.7. The maximum absolute atomic E-state index is 12.7. The molecule has 4 aromatic rings. The molecule has 2 aliphatic rings. The summed E-state index contributed by atoms with van der Waals surface area (Å²) in [5.74, 6) is 2.54. The number of carbonyl (C=O) groups excluding carboxylic acids is 1. The van der Waals surface area contributed by atoms with E-state index >= 15 is 0 Å². The monoisotopic (exact) mass is 534 g/mol. The molecule has 0 saturated heterocycles. The summed E-state index contributed by atoms with van der Waals surface area (Å²) in [6.07, 6.45) is 6.74. The lowest BCUT2D eigenvalue weighted by Crippen LogP contribution is -2.30. The first kappa shape index (κ1) is 25.6. The van der Waals surface area contributed by atoms with Crippen molar-refractivity contribution in [1.29, 1.82) is 0 Å². The number of rotatable bonds is 9. The second kappa shape index (κ2) is 12.0. The number of hydrogen-bond donors (Lipinski definition) is 1. The molecule has 8 nitrogen and oxygen atoms in total. The predicted molar refractivity (Wildman–Crippen MR) is 152 cm³/mol. The van der Waals surface area contributed by atoms with E-state index in [4.69, 9.17) is 14.2 Å². The van der Waals surface area contributed by atoms with Crippen LogP contribution in [0.15, 0.2) is 91.3 Å². The van der Waals surface area contributed by atoms with Crippen LogP contribution in [0.3, 0.4) is 0 Å². The highest BCUT2D eigenvalue weighted by Gasteiger charge is 2.18. The Morgan fingerprint density at radius 2 is 1.77 bits per heavy atom. The van der Waals surface area contributed by atoms with Gasteiger partial charge in [0.05, 0.1) is 0 Å². The zero-order valence-electron chi connectivity index (χ0n) is 22.1. The van der Waals surface area contributed by atoms with Gasteiger partial charge >= 0.3 is 0 Å². The fourth-order valence-corrected chi connectivity index (χ4v) is 4.89. The Morgan fingerprint density at radius 3 is 2.60 bits per heavy atom. The Morgan fingerprint density at radius 1 is 0.925 bits per heavy atom. The van der Waals surface area contributed by atoms with Gasteiger partial charge in [0.15, 0.2) is 23.9 Å². The second-order valence-electron chi connectivity index (χ2n) is 9.73. The third kappa shape index (κ3) is 6.13. The normalized spacial score (nSPS) is 14.4. The van der Waals surface area contributed by atoms with Crippen LogP contribution in [0.25, 0.3) is 17.0 Å². The summed E-state index contributed by atoms with van der Waals surface area (Å²) >= 11 is 0. The van der Waals surface area contributed by atoms with E-state index in [2.05, 4.69) is 56.6 Å². The van der Waals surface area contributed by atoms with E-state index in [0.717, 1.165) is 42.0 Å². The van der Waals surface area contributed by atoms with Crippen molar-refractivity contribution >= 4 is 11.5 Å². The van der Waals surface area contributed by atoms with Crippen LogP contribution in [0.2, 0.25) is 0 Å². The number of benzene rings is 3. The zero-order valence-corrected chi connectivity index (χ0v) is 22.1. The summed E-state index contributed by atoms with van der Waals surface area (Å²) in [7, 11) is 0. The van der Waals surface area contributed by atoms with Gasteiger partial charge in [0.1, 0.15) is 5.75 Å². The molecule has 0 radical (unpaired) electrons. The van der Waals surface area contributed by atoms with Crippen LogP contribution in [-0.2, 0) is 17.9 Å². The van der Waals surface area contributed by atoms with Crippen LogP contribution in [0.4, 0.5) is 0 Å². The van der Waals surface area contributed by atoms with Crippen LogP contribution in [0, 0.1) is 0 Å². The fourth-order valence-electron chi connectivity index (χ4n) is 4.89. The zero-order chi connectivity index (χ0) is 27.1. The summed E-state index contributed by atoms with van der Waals surface area (Å²) in [5.41, 5.74) is 5.48. The largest absolute Gasteiger partial charge is 0.483 e. The number of nitrogens with one attached hydrogen (secondary N) is 1. The van der Waals surface area contributed by atoms with E-state index in [9.17, 15) is 4.79 Å². The smallest absolute Gasteiger partial charge is 0.258 e. The average molecular weight is 535 g/mol. The minimum Gasteiger partial charge on any atom is -0.483 e. The third-order valence-corrected chi connectivity index (χ3v) is 7.00. The molecule has 0 atom stereocenters. The number of amides is 1. The van der Waals surface area contributed by atoms with Crippen LogP contribution >= 0.6 is 0 Å². The average Bonchev–Trinajstić information content (AvgIpc) is 3.49. The molecular weight excluding hydrogens is 504 g/mol. The van der Waals surface area contributed by atoms with Gasteiger partial charge in [-0.25, -0.2) is 9.97 Å². The summed E-state index contributed by atoms with van der Waals surface area (Å²) in [6, 6.07) is 23.9. The van der Waals surface area contributed by atoms with Crippen molar-refractivity contribution < 1.29 is 19.0 Å². The number of fused-ring (bicyclic) bond motifs is 1. The van der Waals surface area contributed by atoms with Gasteiger partial charge < -0.3 is 19.5 Å². The second-order valence-corrected chi connectivity index (χ2v) is 9.73. The molecule has 3 heterocycles. The minimum atomic E-state index is -0.201. The Hall–Kier alpha value is -4.69. The lowest BCUT2D eigenvalue weighted by atomic mass is 9.99. The standard InChI is InChI=1S/C32H30N4O4/c37-31(35-19-23-7-9-29-30(17-23)40-22-39-29)21-38-28-10-8-26(32-33-13-4-14-34-32)18-27(28)20-36-15-11-25(12-16-36)24-5-2-1-3-6-24/h1-11,13-14,17-18H,12,15-16,19-22H2,(H,35,37). The van der Waals surface area contributed by atoms with E-state index in [1.807, 2.05) is 36.4 Å². The number of hydrogen-bond acceptors (Lipinski definition) is 7. The van der Waals surface area contributed by atoms with Crippen molar-refractivity contribution in [2.75, 3.05) is 26.5 Å². The van der Waals surface area contributed by atoms with Crippen molar-refractivity contribution in [1.82, 2.24) is 20.2 Å². The summed E-state index contributed by atoms with van der Waals surface area (Å²) in [4.78, 5) is 23.8. The molecule has 6 rings (SSSR count). The van der Waals surface area contributed by atoms with Crippen molar-refractivity contribution in [3.63, 3.8) is 0 Å². The summed E-state index contributed by atoms with van der Waals surface area (Å²) in [6.45, 7) is 2.97. The van der Waals surface area contributed by atoms with Crippen molar-refractivity contribution in [3.8, 4) is 28.6 Å². The van der Waals surface area contributed by atoms with Gasteiger partial charge in [-0.05, 0) is 59.5 Å². The topological polar surface area (TPSA) is 85.8 Å². The molecule has 2 aliphatic heterocycles. The first-order chi connectivity index (χ1) is 19.7. The van der Waals surface area contributed by atoms with E-state index in [1.54, 1.807) is 18.5 Å². The van der Waals surface area contributed by atoms with E-state index < -0.39 is 0 Å². The van der Waals surface area contributed by atoms with Gasteiger partial charge in [-0.3, -0.25) is 9.69 Å². The van der Waals surface area contributed by atoms with E-state index in [-0.39, 0.29) is 19.3 Å². The molecule has 40 heavy (non-hydrogen) atoms. The predicted octanol–water partition coefficient (Wildman–Crippen LogP) is 4.86. The Kier molecular flexibility index (Phi) is 7.68. The van der Waals surface area contributed by atoms with Crippen molar-refractivity contribution in [2.24, 2.45) is 0 Å². The number of carbonyl (C=O) groups is 1. The lowest BCUT2D eigenvalue weighted by molar-refractivity contribution is -0.123. The Balaban J connectivity index is 1.12. The molecular formula is C32H30N4O4. The molecule has 0 unspecified atom stereocenters. The third-order valence-electron chi connectivity index (χ3n) is 7.00. The molecule has 8 heteroatoms. The molecule has 1 amide bonds. The van der Waals surface area contributed by atoms with Gasteiger partial charge in [0, 0.05) is 49.7 Å². The van der Waals surface area contributed by atoms with Gasteiger partial charge in [0.25, 0.3) is 5.91 Å². The SMILES string of the molecule is O=C(COc1ccc(-c2ncccn2)cc1CN1CC=C(c2ccccc2)CC1)NCc1ccc2c(c1)OCO2. The van der Waals surface area contributed by atoms with Crippen LogP contribution < -0.4 is 19.5 Å². The molecule has 0 saturated carbocycles. The molecule has 0 aliphatic carbocycles. The molecule has 202 valence electrons. The quantitative estimate of drug-likeness (QED) is 0.328. The highest BCUT2D eigenvalue weighted by molar-refractivity contribution is 5.77. The Labute approximate surface area is 233 Å². The van der Waals surface area contributed by atoms with Gasteiger partial charge in [-0.2, -0.15) is 0 Å². The summed E-state index contributed by atoms with van der Waals surface area (Å²) < 4.78 is 16.8. The molecule has 0 fully saturated rings.